The van der Waals surface area contributed by atoms with E-state index in [1.54, 1.807) is 0 Å². The van der Waals surface area contributed by atoms with Crippen LogP contribution in [0.4, 0.5) is 0 Å². The first kappa shape index (κ1) is 23.5. The minimum atomic E-state index is 0. The second kappa shape index (κ2) is 9.36. The minimum absolute atomic E-state index is 0. The molecule has 1 aromatic carbocycles. The van der Waals surface area contributed by atoms with Crippen LogP contribution in [0.5, 0.6) is 0 Å². The molecule has 0 fully saturated rings. The monoisotopic (exact) mass is 277 g/mol. The van der Waals surface area contributed by atoms with Crippen LogP contribution >= 0.6 is 0 Å². The summed E-state index contributed by atoms with van der Waals surface area (Å²) < 4.78 is 0. The number of halogens is 3. The molecule has 0 saturated carbocycles. The van der Waals surface area contributed by atoms with Crippen molar-refractivity contribution in [1.82, 2.24) is 0 Å². The van der Waals surface area contributed by atoms with Crippen molar-refractivity contribution in [3.8, 4) is 0 Å². The van der Waals surface area contributed by atoms with E-state index in [4.69, 9.17) is 0 Å². The Balaban J connectivity index is -0.000000101. The van der Waals surface area contributed by atoms with Gasteiger partial charge in [-0.3, -0.25) is 0 Å². The van der Waals surface area contributed by atoms with Gasteiger partial charge in [-0.2, -0.15) is 28.3 Å². The first-order valence-electron chi connectivity index (χ1n) is 3.33. The fourth-order valence-electron chi connectivity index (χ4n) is 1.13. The zero-order chi connectivity index (χ0) is 7.02. The Morgan fingerprint density at radius 3 is 1.00 bits per heavy atom. The maximum Gasteiger partial charge on any atom is 4.00 e. The molecule has 0 aromatic heterocycles. The van der Waals surface area contributed by atoms with Crippen LogP contribution in [-0.4, -0.2) is 0 Å². The number of hydrogen-bond donors (Lipinski definition) is 0. The van der Waals surface area contributed by atoms with Crippen LogP contribution in [-0.2, 0) is 18.6 Å². The predicted molar refractivity (Wildman–Crippen MR) is 41.0 cm³/mol. The van der Waals surface area contributed by atoms with E-state index in [-0.39, 0.29) is 55.8 Å². The minimum Gasteiger partial charge on any atom is -1.00 e. The molecule has 0 unspecified atom stereocenters. The van der Waals surface area contributed by atoms with Crippen molar-refractivity contribution in [3.63, 3.8) is 0 Å². The van der Waals surface area contributed by atoms with Crippen LogP contribution in [0.3, 0.4) is 0 Å². The normalized spacial score (nSPS) is 7.08. The molecule has 75 valence electrons. The average molecular weight is 279 g/mol. The van der Waals surface area contributed by atoms with Gasteiger partial charge in [-0.05, 0) is 0 Å². The van der Waals surface area contributed by atoms with Crippen molar-refractivity contribution in [2.75, 3.05) is 0 Å². The summed E-state index contributed by atoms with van der Waals surface area (Å²) in [6, 6.07) is 2.24. The standard InChI is InChI=1S/C9H13.3ClH.V/c1-6-5-7(2)9(4)8(6)3;;;;/h5H,1-4H3;3*1H;/q-1;;;;+4/p-3. The Morgan fingerprint density at radius 2 is 0.923 bits per heavy atom. The first-order chi connectivity index (χ1) is 4.13. The predicted octanol–water partition coefficient (Wildman–Crippen LogP) is -6.35. The van der Waals surface area contributed by atoms with E-state index in [1.165, 1.54) is 22.3 Å². The zero-order valence-electron chi connectivity index (χ0n) is 8.16. The molecule has 0 heterocycles. The second-order valence-corrected chi connectivity index (χ2v) is 2.76. The fraction of sp³-hybridized carbons (Fsp3) is 0.444. The van der Waals surface area contributed by atoms with Gasteiger partial charge in [0, 0.05) is 0 Å². The molecule has 1 radical (unpaired) electrons. The van der Waals surface area contributed by atoms with E-state index in [9.17, 15) is 0 Å². The molecule has 0 bridgehead atoms. The molecule has 0 N–H and O–H groups in total. The van der Waals surface area contributed by atoms with Gasteiger partial charge in [-0.1, -0.05) is 27.7 Å². The maximum absolute atomic E-state index is 2.24. The summed E-state index contributed by atoms with van der Waals surface area (Å²) in [6.45, 7) is 8.68. The second-order valence-electron chi connectivity index (χ2n) is 2.76. The summed E-state index contributed by atoms with van der Waals surface area (Å²) >= 11 is 0. The summed E-state index contributed by atoms with van der Waals surface area (Å²) in [7, 11) is 0. The molecule has 1 rings (SSSR count). The molecular weight excluding hydrogens is 265 g/mol. The Hall–Kier alpha value is 0.804. The number of aryl methyl sites for hydroxylation is 2. The Labute approximate surface area is 111 Å². The van der Waals surface area contributed by atoms with Crippen LogP contribution in [0.25, 0.3) is 0 Å². The topological polar surface area (TPSA) is 0 Å². The summed E-state index contributed by atoms with van der Waals surface area (Å²) in [5.74, 6) is 0. The fourth-order valence-corrected chi connectivity index (χ4v) is 1.13. The number of rotatable bonds is 0. The van der Waals surface area contributed by atoms with Crippen molar-refractivity contribution in [1.29, 1.82) is 0 Å². The third kappa shape index (κ3) is 5.29. The summed E-state index contributed by atoms with van der Waals surface area (Å²) in [5, 5.41) is 0. The molecule has 0 spiro atoms. The molecule has 0 aliphatic carbocycles. The van der Waals surface area contributed by atoms with Crippen LogP contribution in [0.15, 0.2) is 6.07 Å². The Kier molecular flexibility index (Phi) is 17.0. The van der Waals surface area contributed by atoms with E-state index < -0.39 is 0 Å². The van der Waals surface area contributed by atoms with Crippen LogP contribution in [0.1, 0.15) is 22.3 Å². The van der Waals surface area contributed by atoms with E-state index in [2.05, 4.69) is 33.8 Å². The van der Waals surface area contributed by atoms with Gasteiger partial charge < -0.3 is 37.2 Å². The quantitative estimate of drug-likeness (QED) is 0.414. The van der Waals surface area contributed by atoms with Gasteiger partial charge in [0.15, 0.2) is 0 Å². The van der Waals surface area contributed by atoms with Gasteiger partial charge in [-0.15, -0.1) is 0 Å². The van der Waals surface area contributed by atoms with Gasteiger partial charge in [0.1, 0.15) is 0 Å². The van der Waals surface area contributed by atoms with Crippen molar-refractivity contribution in [2.24, 2.45) is 0 Å². The Morgan fingerprint density at radius 1 is 0.692 bits per heavy atom. The molecule has 0 saturated heterocycles. The molecule has 13 heavy (non-hydrogen) atoms. The van der Waals surface area contributed by atoms with Gasteiger partial charge in [0.2, 0.25) is 0 Å². The summed E-state index contributed by atoms with van der Waals surface area (Å²) in [4.78, 5) is 0. The first-order valence-corrected chi connectivity index (χ1v) is 3.33. The van der Waals surface area contributed by atoms with E-state index in [1.807, 2.05) is 0 Å². The summed E-state index contributed by atoms with van der Waals surface area (Å²) in [6.07, 6.45) is 0. The molecule has 0 aliphatic heterocycles. The van der Waals surface area contributed by atoms with E-state index in [0.29, 0.717) is 0 Å². The van der Waals surface area contributed by atoms with Crippen molar-refractivity contribution in [2.45, 2.75) is 27.7 Å². The van der Waals surface area contributed by atoms with Gasteiger partial charge in [0.05, 0.1) is 0 Å². The molecule has 0 aliphatic rings. The zero-order valence-corrected chi connectivity index (χ0v) is 11.8. The van der Waals surface area contributed by atoms with Gasteiger partial charge >= 0.3 is 18.6 Å². The van der Waals surface area contributed by atoms with E-state index in [0.717, 1.165) is 0 Å². The maximum atomic E-state index is 2.24. The van der Waals surface area contributed by atoms with Crippen molar-refractivity contribution < 1.29 is 55.8 Å². The molecule has 1 aromatic rings. The molecule has 4 heteroatoms. The molecule has 0 amide bonds. The largest absolute Gasteiger partial charge is 4.00 e. The van der Waals surface area contributed by atoms with Crippen LogP contribution in [0.2, 0.25) is 0 Å². The van der Waals surface area contributed by atoms with Gasteiger partial charge in [0.25, 0.3) is 0 Å². The summed E-state index contributed by atoms with van der Waals surface area (Å²) in [5.41, 5.74) is 5.75. The van der Waals surface area contributed by atoms with Crippen molar-refractivity contribution >= 4 is 0 Å². The van der Waals surface area contributed by atoms with Crippen molar-refractivity contribution in [3.05, 3.63) is 28.3 Å². The molecule has 0 atom stereocenters. The van der Waals surface area contributed by atoms with Gasteiger partial charge in [-0.25, -0.2) is 0 Å². The third-order valence-electron chi connectivity index (χ3n) is 2.18. The van der Waals surface area contributed by atoms with Crippen LogP contribution in [0, 0.1) is 27.7 Å². The molecular formula is C9H13Cl3V. The number of hydrogen-bond acceptors (Lipinski definition) is 0. The molecule has 0 nitrogen and oxygen atoms in total. The average Bonchev–Trinajstić information content (AvgIpc) is 1.98. The SMILES string of the molecule is Cc1[cH-]c(C)c(C)c1C.[Cl-].[Cl-].[Cl-].[V+4]. The smallest absolute Gasteiger partial charge is 1.00 e. The Bertz CT molecular complexity index is 209. The van der Waals surface area contributed by atoms with E-state index >= 15 is 0 Å². The third-order valence-corrected chi connectivity index (χ3v) is 2.18. The van der Waals surface area contributed by atoms with Crippen LogP contribution < -0.4 is 37.2 Å².